The fourth-order valence-electron chi connectivity index (χ4n) is 5.11. The first-order chi connectivity index (χ1) is 14.6. The quantitative estimate of drug-likeness (QED) is 0.770. The maximum absolute atomic E-state index is 13.3. The first kappa shape index (κ1) is 19.7. The Labute approximate surface area is 176 Å². The predicted octanol–water partition coefficient (Wildman–Crippen LogP) is 4.47. The first-order valence-corrected chi connectivity index (χ1v) is 10.3. The molecule has 2 N–H and O–H groups in total. The standard InChI is InChI=1S/C25H23N3O2/c1-2-30-24(29)25(15-27)22(19-13-7-9-16-8-3-4-10-17(16)19)20-12-6-5-11-18(20)21(14-26)23(25)28/h3-4,7-11,13,20,22H,2,5-6,12,28H2,1H3/t20-,22+,25-/m0/s1. The largest absolute Gasteiger partial charge is 0.464 e. The molecule has 3 atom stereocenters. The van der Waals surface area contributed by atoms with Crippen molar-refractivity contribution in [2.24, 2.45) is 17.1 Å². The molecule has 0 aromatic heterocycles. The summed E-state index contributed by atoms with van der Waals surface area (Å²) >= 11 is 0. The third-order valence-electron chi connectivity index (χ3n) is 6.38. The second kappa shape index (κ2) is 7.69. The minimum Gasteiger partial charge on any atom is -0.464 e. The van der Waals surface area contributed by atoms with Crippen LogP contribution in [-0.4, -0.2) is 12.6 Å². The van der Waals surface area contributed by atoms with Gasteiger partial charge in [0.1, 0.15) is 6.07 Å². The Balaban J connectivity index is 2.10. The van der Waals surface area contributed by atoms with Crippen LogP contribution in [0.5, 0.6) is 0 Å². The average molecular weight is 397 g/mol. The molecule has 0 amide bonds. The summed E-state index contributed by atoms with van der Waals surface area (Å²) < 4.78 is 5.38. The molecule has 0 aliphatic heterocycles. The smallest absolute Gasteiger partial charge is 0.333 e. The summed E-state index contributed by atoms with van der Waals surface area (Å²) in [4.78, 5) is 13.3. The molecule has 0 bridgehead atoms. The van der Waals surface area contributed by atoms with E-state index in [9.17, 15) is 15.3 Å². The van der Waals surface area contributed by atoms with Crippen molar-refractivity contribution in [2.45, 2.75) is 32.1 Å². The van der Waals surface area contributed by atoms with E-state index in [1.54, 1.807) is 6.92 Å². The van der Waals surface area contributed by atoms with Crippen molar-refractivity contribution in [3.05, 3.63) is 70.9 Å². The Morgan fingerprint density at radius 2 is 2.00 bits per heavy atom. The van der Waals surface area contributed by atoms with E-state index >= 15 is 0 Å². The van der Waals surface area contributed by atoms with E-state index in [0.717, 1.165) is 41.2 Å². The highest BCUT2D eigenvalue weighted by molar-refractivity contribution is 5.91. The zero-order chi connectivity index (χ0) is 21.3. The highest BCUT2D eigenvalue weighted by Crippen LogP contribution is 2.57. The Morgan fingerprint density at radius 3 is 2.73 bits per heavy atom. The van der Waals surface area contributed by atoms with Crippen molar-refractivity contribution in [2.75, 3.05) is 6.61 Å². The average Bonchev–Trinajstić information content (AvgIpc) is 2.78. The topological polar surface area (TPSA) is 99.9 Å². The monoisotopic (exact) mass is 397 g/mol. The van der Waals surface area contributed by atoms with Gasteiger partial charge in [-0.05, 0) is 54.0 Å². The van der Waals surface area contributed by atoms with Crippen molar-refractivity contribution in [3.8, 4) is 12.1 Å². The molecule has 0 spiro atoms. The van der Waals surface area contributed by atoms with Gasteiger partial charge in [-0.3, -0.25) is 0 Å². The van der Waals surface area contributed by atoms with Crippen LogP contribution in [0.15, 0.2) is 65.4 Å². The third kappa shape index (κ3) is 2.70. The molecule has 0 heterocycles. The minimum absolute atomic E-state index is 0.00767. The molecule has 0 fully saturated rings. The fraction of sp³-hybridized carbons (Fsp3) is 0.320. The van der Waals surface area contributed by atoms with E-state index in [4.69, 9.17) is 10.5 Å². The lowest BCUT2D eigenvalue weighted by Gasteiger charge is -2.45. The number of rotatable bonds is 3. The second-order valence-corrected chi connectivity index (χ2v) is 7.78. The Hall–Kier alpha value is -3.57. The number of carbonyl (C=O) groups is 1. The van der Waals surface area contributed by atoms with Gasteiger partial charge in [-0.15, -0.1) is 0 Å². The number of hydrogen-bond acceptors (Lipinski definition) is 5. The number of nitrogens with zero attached hydrogens (tertiary/aromatic N) is 2. The fourth-order valence-corrected chi connectivity index (χ4v) is 5.11. The van der Waals surface area contributed by atoms with Gasteiger partial charge in [0.2, 0.25) is 5.41 Å². The lowest BCUT2D eigenvalue weighted by molar-refractivity contribution is -0.152. The normalized spacial score (nSPS) is 25.6. The van der Waals surface area contributed by atoms with Crippen molar-refractivity contribution in [1.82, 2.24) is 0 Å². The molecule has 0 radical (unpaired) electrons. The maximum atomic E-state index is 13.3. The summed E-state index contributed by atoms with van der Waals surface area (Å²) in [6.45, 7) is 1.84. The first-order valence-electron chi connectivity index (χ1n) is 10.3. The zero-order valence-electron chi connectivity index (χ0n) is 16.9. The zero-order valence-corrected chi connectivity index (χ0v) is 16.9. The maximum Gasteiger partial charge on any atom is 0.333 e. The van der Waals surface area contributed by atoms with Gasteiger partial charge in [0.15, 0.2) is 0 Å². The van der Waals surface area contributed by atoms with E-state index in [2.05, 4.69) is 12.1 Å². The number of ether oxygens (including phenoxy) is 1. The van der Waals surface area contributed by atoms with Crippen LogP contribution in [-0.2, 0) is 9.53 Å². The summed E-state index contributed by atoms with van der Waals surface area (Å²) in [5, 5.41) is 22.3. The number of fused-ring (bicyclic) bond motifs is 2. The van der Waals surface area contributed by atoms with Crippen LogP contribution >= 0.6 is 0 Å². The van der Waals surface area contributed by atoms with Gasteiger partial charge in [0.25, 0.3) is 0 Å². The molecule has 0 saturated carbocycles. The summed E-state index contributed by atoms with van der Waals surface area (Å²) in [5.41, 5.74) is 6.74. The van der Waals surface area contributed by atoms with Gasteiger partial charge < -0.3 is 10.5 Å². The highest BCUT2D eigenvalue weighted by atomic mass is 16.5. The highest BCUT2D eigenvalue weighted by Gasteiger charge is 2.59. The van der Waals surface area contributed by atoms with Gasteiger partial charge in [0.05, 0.1) is 23.9 Å². The van der Waals surface area contributed by atoms with E-state index in [-0.39, 0.29) is 23.8 Å². The van der Waals surface area contributed by atoms with Crippen LogP contribution in [0.4, 0.5) is 0 Å². The van der Waals surface area contributed by atoms with Gasteiger partial charge in [-0.25, -0.2) is 4.79 Å². The third-order valence-corrected chi connectivity index (χ3v) is 6.38. The van der Waals surface area contributed by atoms with E-state index < -0.39 is 17.3 Å². The molecule has 0 unspecified atom stereocenters. The Bertz CT molecular complexity index is 1160. The van der Waals surface area contributed by atoms with Crippen molar-refractivity contribution in [3.63, 3.8) is 0 Å². The molecule has 30 heavy (non-hydrogen) atoms. The number of nitriles is 2. The van der Waals surface area contributed by atoms with Crippen molar-refractivity contribution < 1.29 is 9.53 Å². The molecule has 0 saturated heterocycles. The molecule has 4 rings (SSSR count). The van der Waals surface area contributed by atoms with Crippen LogP contribution in [0, 0.1) is 34.0 Å². The van der Waals surface area contributed by atoms with Crippen LogP contribution in [0.1, 0.15) is 37.7 Å². The molecule has 150 valence electrons. The van der Waals surface area contributed by atoms with Crippen LogP contribution in [0.2, 0.25) is 0 Å². The summed E-state index contributed by atoms with van der Waals surface area (Å²) in [7, 11) is 0. The van der Waals surface area contributed by atoms with Gasteiger partial charge in [-0.1, -0.05) is 48.5 Å². The van der Waals surface area contributed by atoms with Gasteiger partial charge >= 0.3 is 5.97 Å². The number of esters is 1. The summed E-state index contributed by atoms with van der Waals surface area (Å²) in [5.74, 6) is -1.37. The molecule has 5 nitrogen and oxygen atoms in total. The summed E-state index contributed by atoms with van der Waals surface area (Å²) in [6, 6.07) is 18.2. The SMILES string of the molecule is CCOC(=O)[C@]1(C#N)C(N)=C(C#N)C2=CCCC[C@@H]2[C@H]1c1cccc2ccccc12. The second-order valence-electron chi connectivity index (χ2n) is 7.78. The predicted molar refractivity (Wildman–Crippen MR) is 114 cm³/mol. The lowest BCUT2D eigenvalue weighted by Crippen LogP contribution is -2.49. The molecule has 2 aliphatic carbocycles. The van der Waals surface area contributed by atoms with E-state index in [1.165, 1.54) is 0 Å². The summed E-state index contributed by atoms with van der Waals surface area (Å²) in [6.07, 6.45) is 4.61. The number of allylic oxidation sites excluding steroid dienone is 3. The van der Waals surface area contributed by atoms with Crippen LogP contribution < -0.4 is 5.73 Å². The van der Waals surface area contributed by atoms with E-state index in [1.807, 2.05) is 48.5 Å². The number of carbonyl (C=O) groups excluding carboxylic acids is 1. The molecule has 2 aliphatic rings. The van der Waals surface area contributed by atoms with E-state index in [0.29, 0.717) is 0 Å². The molecule has 2 aromatic carbocycles. The van der Waals surface area contributed by atoms with Gasteiger partial charge in [0, 0.05) is 5.92 Å². The van der Waals surface area contributed by atoms with Crippen molar-refractivity contribution >= 4 is 16.7 Å². The van der Waals surface area contributed by atoms with Crippen LogP contribution in [0.25, 0.3) is 10.8 Å². The minimum atomic E-state index is -1.75. The van der Waals surface area contributed by atoms with Crippen molar-refractivity contribution in [1.29, 1.82) is 10.5 Å². The number of hydrogen-bond donors (Lipinski definition) is 1. The Kier molecular flexibility index (Phi) is 5.06. The molecule has 2 aromatic rings. The molecular weight excluding hydrogens is 374 g/mol. The Morgan fingerprint density at radius 1 is 1.23 bits per heavy atom. The number of benzene rings is 2. The van der Waals surface area contributed by atoms with Gasteiger partial charge in [-0.2, -0.15) is 10.5 Å². The molecule has 5 heteroatoms. The molecular formula is C25H23N3O2. The van der Waals surface area contributed by atoms with Crippen LogP contribution in [0.3, 0.4) is 0 Å². The number of nitrogens with two attached hydrogens (primary N) is 1. The lowest BCUT2D eigenvalue weighted by atomic mass is 9.55.